The van der Waals surface area contributed by atoms with E-state index >= 15 is 0 Å². The van der Waals surface area contributed by atoms with E-state index in [9.17, 15) is 23.5 Å². The van der Waals surface area contributed by atoms with Crippen molar-refractivity contribution < 1.29 is 28.2 Å². The van der Waals surface area contributed by atoms with E-state index in [1.807, 2.05) is 13.8 Å². The van der Waals surface area contributed by atoms with Crippen molar-refractivity contribution >= 4 is 40.4 Å². The summed E-state index contributed by atoms with van der Waals surface area (Å²) in [5.74, 6) is 0.689. The van der Waals surface area contributed by atoms with Crippen molar-refractivity contribution in [2.45, 2.75) is 83.5 Å². The van der Waals surface area contributed by atoms with Crippen molar-refractivity contribution in [1.29, 1.82) is 0 Å². The normalized spacial score (nSPS) is 23.8. The smallest absolute Gasteiger partial charge is 0.410 e. The van der Waals surface area contributed by atoms with Crippen molar-refractivity contribution in [3.63, 3.8) is 0 Å². The van der Waals surface area contributed by atoms with Crippen LogP contribution >= 0.6 is 0 Å². The van der Waals surface area contributed by atoms with E-state index in [0.29, 0.717) is 29.5 Å². The minimum absolute atomic E-state index is 0.0281. The van der Waals surface area contributed by atoms with Gasteiger partial charge in [0.1, 0.15) is 29.1 Å². The lowest BCUT2D eigenvalue weighted by atomic mass is 9.94. The van der Waals surface area contributed by atoms with Gasteiger partial charge in [0.25, 0.3) is 5.91 Å². The second-order valence-electron chi connectivity index (χ2n) is 13.2. The molecule has 45 heavy (non-hydrogen) atoms. The minimum Gasteiger partial charge on any atom is -0.444 e. The zero-order chi connectivity index (χ0) is 32.7. The zero-order valence-electron chi connectivity index (χ0n) is 26.3. The molecule has 2 amide bonds. The molecule has 5 heterocycles. The first kappa shape index (κ1) is 32.2. The fourth-order valence-corrected chi connectivity index (χ4v) is 5.49. The third-order valence-electron chi connectivity index (χ3n) is 7.91. The Labute approximate surface area is 260 Å². The number of hydrogen-bond donors (Lipinski definition) is 3. The minimum atomic E-state index is -1.78. The molecule has 2 fully saturated rings. The molecule has 242 valence electrons. The van der Waals surface area contributed by atoms with Gasteiger partial charge in [0.15, 0.2) is 5.67 Å². The number of carbonyl (C=O) groups excluding carboxylic acids is 2. The molecule has 0 spiro atoms. The highest BCUT2D eigenvalue weighted by Crippen LogP contribution is 2.31. The molecule has 12 nitrogen and oxygen atoms in total. The summed E-state index contributed by atoms with van der Waals surface area (Å²) in [6.07, 6.45) is 1.83. The average Bonchev–Trinajstić information content (AvgIpc) is 3.32. The second-order valence-corrected chi connectivity index (χ2v) is 13.2. The van der Waals surface area contributed by atoms with Crippen LogP contribution < -0.4 is 15.5 Å². The molecular formula is C31H40F2N8O4. The number of amides is 2. The quantitative estimate of drug-likeness (QED) is 0.363. The number of anilines is 3. The third-order valence-corrected chi connectivity index (χ3v) is 7.91. The molecule has 3 N–H and O–H groups in total. The van der Waals surface area contributed by atoms with Crippen molar-refractivity contribution in [3.05, 3.63) is 42.0 Å². The van der Waals surface area contributed by atoms with Crippen LogP contribution in [0.5, 0.6) is 0 Å². The van der Waals surface area contributed by atoms with Crippen molar-refractivity contribution in [3.8, 4) is 0 Å². The summed E-state index contributed by atoms with van der Waals surface area (Å²) in [6, 6.07) is 2.53. The van der Waals surface area contributed by atoms with Crippen LogP contribution in [0, 0.1) is 0 Å². The molecule has 0 radical (unpaired) electrons. The van der Waals surface area contributed by atoms with Crippen LogP contribution in [0.25, 0.3) is 10.8 Å². The molecule has 2 saturated heterocycles. The van der Waals surface area contributed by atoms with Gasteiger partial charge in [-0.2, -0.15) is 4.98 Å². The van der Waals surface area contributed by atoms with E-state index in [-0.39, 0.29) is 37.7 Å². The van der Waals surface area contributed by atoms with E-state index in [1.54, 1.807) is 50.2 Å². The molecule has 0 bridgehead atoms. The number of nitrogens with one attached hydrogen (secondary N) is 2. The highest BCUT2D eigenvalue weighted by Gasteiger charge is 2.40. The summed E-state index contributed by atoms with van der Waals surface area (Å²) in [5, 5.41) is 17.1. The number of aliphatic hydroxyl groups is 1. The van der Waals surface area contributed by atoms with Crippen molar-refractivity contribution in [2.24, 2.45) is 0 Å². The van der Waals surface area contributed by atoms with E-state index in [2.05, 4.69) is 30.6 Å². The van der Waals surface area contributed by atoms with E-state index in [1.165, 1.54) is 18.0 Å². The number of aromatic nitrogens is 4. The summed E-state index contributed by atoms with van der Waals surface area (Å²) < 4.78 is 35.0. The number of hydrogen-bond acceptors (Lipinski definition) is 10. The Morgan fingerprint density at radius 2 is 1.89 bits per heavy atom. The first-order chi connectivity index (χ1) is 21.1. The number of fused-ring (bicyclic) bond motifs is 1. The van der Waals surface area contributed by atoms with Crippen LogP contribution in [-0.4, -0.2) is 97.7 Å². The van der Waals surface area contributed by atoms with Crippen LogP contribution in [0.1, 0.15) is 69.9 Å². The molecule has 0 saturated carbocycles. The number of rotatable bonds is 6. The number of carbonyl (C=O) groups is 2. The fraction of sp³-hybridized carbons (Fsp3) is 0.548. The monoisotopic (exact) mass is 626 g/mol. The molecular weight excluding hydrogens is 586 g/mol. The lowest BCUT2D eigenvalue weighted by molar-refractivity contribution is -0.00860. The van der Waals surface area contributed by atoms with Gasteiger partial charge in [0, 0.05) is 37.1 Å². The van der Waals surface area contributed by atoms with Gasteiger partial charge in [-0.05, 0) is 63.1 Å². The SMILES string of the molecule is CC(C)c1cnc(C(=O)N[C@@H]2CN(C(=O)OC(C)(C)C)C[C@H]2F)c2cnc(Nc3ccnc(N4CC[C@@H](O)[C@@](C)(F)C4)n3)cc12. The number of likely N-dealkylation sites (tertiary alicyclic amines) is 1. The van der Waals surface area contributed by atoms with Crippen LogP contribution in [0.2, 0.25) is 0 Å². The molecule has 4 atom stereocenters. The van der Waals surface area contributed by atoms with Crippen LogP contribution in [0.3, 0.4) is 0 Å². The third kappa shape index (κ3) is 7.21. The number of aliphatic hydroxyl groups excluding tert-OH is 1. The van der Waals surface area contributed by atoms with Crippen molar-refractivity contribution in [2.75, 3.05) is 36.4 Å². The molecule has 2 aliphatic heterocycles. The maximum absolute atomic E-state index is 14.9. The predicted molar refractivity (Wildman–Crippen MR) is 165 cm³/mol. The van der Waals surface area contributed by atoms with E-state index in [0.717, 1.165) is 10.9 Å². The van der Waals surface area contributed by atoms with E-state index in [4.69, 9.17) is 4.74 Å². The Balaban J connectivity index is 1.35. The van der Waals surface area contributed by atoms with Crippen LogP contribution in [0.4, 0.5) is 31.2 Å². The summed E-state index contributed by atoms with van der Waals surface area (Å²) in [7, 11) is 0. The molecule has 3 aromatic rings. The van der Waals surface area contributed by atoms with Crippen LogP contribution in [0.15, 0.2) is 30.7 Å². The van der Waals surface area contributed by atoms with E-state index < -0.39 is 41.6 Å². The number of alkyl halides is 2. The summed E-state index contributed by atoms with van der Waals surface area (Å²) in [5.41, 5.74) is -1.54. The van der Waals surface area contributed by atoms with Gasteiger partial charge < -0.3 is 30.3 Å². The number of pyridine rings is 2. The van der Waals surface area contributed by atoms with Gasteiger partial charge in [-0.15, -0.1) is 0 Å². The van der Waals surface area contributed by atoms with Crippen LogP contribution in [-0.2, 0) is 4.74 Å². The number of nitrogens with zero attached hydrogens (tertiary/aromatic N) is 6. The highest BCUT2D eigenvalue weighted by atomic mass is 19.1. The average molecular weight is 627 g/mol. The molecule has 0 aromatic carbocycles. The first-order valence-corrected chi connectivity index (χ1v) is 15.0. The van der Waals surface area contributed by atoms with Crippen molar-refractivity contribution in [1.82, 2.24) is 30.2 Å². The summed E-state index contributed by atoms with van der Waals surface area (Å²) >= 11 is 0. The second kappa shape index (κ2) is 12.3. The summed E-state index contributed by atoms with van der Waals surface area (Å²) in [6.45, 7) is 10.7. The Bertz CT molecular complexity index is 1580. The molecule has 3 aromatic heterocycles. The Morgan fingerprint density at radius 3 is 2.58 bits per heavy atom. The molecule has 5 rings (SSSR count). The lowest BCUT2D eigenvalue weighted by Gasteiger charge is -2.38. The lowest BCUT2D eigenvalue weighted by Crippen LogP contribution is -2.52. The molecule has 0 unspecified atom stereocenters. The number of halogens is 2. The number of ether oxygens (including phenoxy) is 1. The largest absolute Gasteiger partial charge is 0.444 e. The standard InChI is InChI=1S/C31H40F2N8O4/c1-17(2)19-12-36-26(27(43)37-22-15-41(14-21(22)32)29(44)45-30(3,4)5)20-13-35-25(11-18(19)20)38-24-7-9-34-28(39-24)40-10-8-23(42)31(6,33)16-40/h7,9,11-13,17,21-23,42H,8,10,14-16H2,1-6H3,(H,37,43)(H,34,35,38,39)/t21-,22-,23-,31+/m1/s1. The molecule has 2 aliphatic rings. The van der Waals surface area contributed by atoms with Gasteiger partial charge >= 0.3 is 6.09 Å². The maximum atomic E-state index is 14.9. The van der Waals surface area contributed by atoms with Gasteiger partial charge in [-0.3, -0.25) is 9.78 Å². The molecule has 0 aliphatic carbocycles. The van der Waals surface area contributed by atoms with Gasteiger partial charge in [-0.25, -0.2) is 23.5 Å². The maximum Gasteiger partial charge on any atom is 0.410 e. The predicted octanol–water partition coefficient (Wildman–Crippen LogP) is 4.27. The number of piperidine rings is 1. The zero-order valence-corrected chi connectivity index (χ0v) is 26.3. The summed E-state index contributed by atoms with van der Waals surface area (Å²) in [4.78, 5) is 46.5. The van der Waals surface area contributed by atoms with Gasteiger partial charge in [0.2, 0.25) is 5.95 Å². The van der Waals surface area contributed by atoms with Gasteiger partial charge in [-0.1, -0.05) is 13.8 Å². The first-order valence-electron chi connectivity index (χ1n) is 15.0. The molecule has 14 heteroatoms. The Hall–Kier alpha value is -4.20. The van der Waals surface area contributed by atoms with Gasteiger partial charge in [0.05, 0.1) is 25.2 Å². The Morgan fingerprint density at radius 1 is 1.13 bits per heavy atom. The fourth-order valence-electron chi connectivity index (χ4n) is 5.49. The Kier molecular flexibility index (Phi) is 8.80. The topological polar surface area (TPSA) is 146 Å². The highest BCUT2D eigenvalue weighted by molar-refractivity contribution is 6.06.